The Bertz CT molecular complexity index is 2010. The molecule has 23 nitrogen and oxygen atoms in total. The third-order valence-electron chi connectivity index (χ3n) is 7.13. The van der Waals surface area contributed by atoms with Crippen LogP contribution in [0.15, 0.2) is 58.3 Å². The molecule has 0 aliphatic rings. The van der Waals surface area contributed by atoms with Gasteiger partial charge in [-0.25, -0.2) is 27.1 Å². The number of nitrogens with two attached hydrogens (primary N) is 3. The maximum absolute atomic E-state index is 13.1. The second-order valence-corrected chi connectivity index (χ2v) is 14.8. The van der Waals surface area contributed by atoms with Gasteiger partial charge in [-0.15, -0.1) is 0 Å². The number of benzene rings is 2. The highest BCUT2D eigenvalue weighted by atomic mass is 32.2. The number of rotatable bonds is 23. The predicted molar refractivity (Wildman–Crippen MR) is 188 cm³/mol. The fourth-order valence-electron chi connectivity index (χ4n) is 4.63. The lowest BCUT2D eigenvalue weighted by Gasteiger charge is -2.26. The van der Waals surface area contributed by atoms with Crippen molar-refractivity contribution >= 4 is 78.6 Å². The van der Waals surface area contributed by atoms with Crippen molar-refractivity contribution in [1.29, 1.82) is 0 Å². The van der Waals surface area contributed by atoms with Gasteiger partial charge < -0.3 is 37.0 Å². The average molecular weight is 815 g/mol. The number of ketones is 2. The Morgan fingerprint density at radius 2 is 0.945 bits per heavy atom. The van der Waals surface area contributed by atoms with E-state index in [2.05, 4.69) is 16.0 Å². The fourth-order valence-corrected chi connectivity index (χ4v) is 5.66. The standard InChI is InChI=1S/C30H38N8O15S2/c31-21(11-26(42)43)29(48)30(49)22(12-27(44)45)36-25(41)15-37(13-23(39)34-17-1-5-19(6-2-17)54(32,50)51)9-10-38(16-28(46)47)14-24(40)35-18-3-7-20(8-4-18)55(33,52)53/h1-8,21-22H,9-16,31H2,(H,34,39)(H,35,40)(H,36,41)(H,42,43)(H,44,45)(H,46,47)(H2,32,50,51)(H2,33,52,53)/t21-,22-/m0/s1. The molecule has 25 heteroatoms. The second kappa shape index (κ2) is 20.1. The first-order chi connectivity index (χ1) is 25.4. The summed E-state index contributed by atoms with van der Waals surface area (Å²) in [6.45, 7) is -3.38. The van der Waals surface area contributed by atoms with E-state index in [0.29, 0.717) is 0 Å². The van der Waals surface area contributed by atoms with Crippen LogP contribution in [0.2, 0.25) is 0 Å². The molecule has 0 saturated heterocycles. The summed E-state index contributed by atoms with van der Waals surface area (Å²) in [6, 6.07) is 5.47. The Balaban J connectivity index is 2.28. The molecule has 0 aliphatic heterocycles. The molecule has 2 aromatic carbocycles. The Morgan fingerprint density at radius 3 is 1.31 bits per heavy atom. The molecule has 2 atom stereocenters. The number of nitrogens with zero attached hydrogens (tertiary/aromatic N) is 2. The SMILES string of the molecule is N[C@@H](CC(=O)O)C(=O)C(=O)[C@H](CC(=O)O)NC(=O)CN(CCN(CC(=O)O)CC(=O)Nc1ccc(S(N)(=O)=O)cc1)CC(=O)Nc1ccc(S(N)(=O)=O)cc1. The van der Waals surface area contributed by atoms with Crippen molar-refractivity contribution in [3.05, 3.63) is 48.5 Å². The maximum Gasteiger partial charge on any atom is 0.317 e. The Kier molecular flexibility index (Phi) is 16.6. The van der Waals surface area contributed by atoms with Gasteiger partial charge in [-0.2, -0.15) is 0 Å². The first kappa shape index (κ1) is 45.5. The van der Waals surface area contributed by atoms with E-state index in [1.165, 1.54) is 24.3 Å². The normalized spacial score (nSPS) is 12.7. The molecule has 0 spiro atoms. The molecular weight excluding hydrogens is 777 g/mol. The van der Waals surface area contributed by atoms with Crippen LogP contribution in [0.4, 0.5) is 11.4 Å². The molecule has 0 heterocycles. The van der Waals surface area contributed by atoms with Crippen LogP contribution in [-0.2, 0) is 58.4 Å². The number of amides is 3. The molecule has 0 aromatic heterocycles. The zero-order chi connectivity index (χ0) is 41.7. The Morgan fingerprint density at radius 1 is 0.564 bits per heavy atom. The van der Waals surface area contributed by atoms with E-state index in [0.717, 1.165) is 34.1 Å². The number of carboxylic acids is 3. The third kappa shape index (κ3) is 16.5. The number of primary sulfonamides is 2. The smallest absolute Gasteiger partial charge is 0.317 e. The molecule has 0 fully saturated rings. The van der Waals surface area contributed by atoms with Gasteiger partial charge >= 0.3 is 17.9 Å². The zero-order valence-corrected chi connectivity index (χ0v) is 30.2. The van der Waals surface area contributed by atoms with Crippen molar-refractivity contribution in [1.82, 2.24) is 15.1 Å². The first-order valence-corrected chi connectivity index (χ1v) is 18.6. The average Bonchev–Trinajstić information content (AvgIpc) is 3.04. The largest absolute Gasteiger partial charge is 0.481 e. The number of carbonyl (C=O) groups is 8. The van der Waals surface area contributed by atoms with Crippen molar-refractivity contribution in [2.75, 3.05) is 49.9 Å². The number of hydrogen-bond donors (Lipinski definition) is 9. The minimum atomic E-state index is -4.06. The first-order valence-electron chi connectivity index (χ1n) is 15.5. The quantitative estimate of drug-likeness (QED) is 0.0485. The van der Waals surface area contributed by atoms with Crippen molar-refractivity contribution in [3.63, 3.8) is 0 Å². The summed E-state index contributed by atoms with van der Waals surface area (Å²) in [5.74, 6) is -10.2. The molecule has 0 bridgehead atoms. The fraction of sp³-hybridized carbons (Fsp3) is 0.333. The molecule has 12 N–H and O–H groups in total. The van der Waals surface area contributed by atoms with E-state index in [1.54, 1.807) is 0 Å². The lowest BCUT2D eigenvalue weighted by Crippen LogP contribution is -2.52. The molecule has 0 radical (unpaired) electrons. The minimum absolute atomic E-state index is 0.0893. The van der Waals surface area contributed by atoms with Crippen LogP contribution in [0.5, 0.6) is 0 Å². The minimum Gasteiger partial charge on any atom is -0.481 e. The van der Waals surface area contributed by atoms with Gasteiger partial charge in [0, 0.05) is 24.5 Å². The molecule has 2 rings (SSSR count). The summed E-state index contributed by atoms with van der Waals surface area (Å²) in [4.78, 5) is 99.8. The van der Waals surface area contributed by atoms with E-state index in [4.69, 9.17) is 21.1 Å². The van der Waals surface area contributed by atoms with Crippen LogP contribution >= 0.6 is 0 Å². The third-order valence-corrected chi connectivity index (χ3v) is 8.99. The number of sulfonamides is 2. The van der Waals surface area contributed by atoms with Gasteiger partial charge in [-0.3, -0.25) is 48.2 Å². The molecule has 0 aliphatic carbocycles. The molecule has 0 saturated carbocycles. The summed E-state index contributed by atoms with van der Waals surface area (Å²) in [7, 11) is -8.08. The van der Waals surface area contributed by atoms with Crippen LogP contribution in [0, 0.1) is 0 Å². The van der Waals surface area contributed by atoms with Crippen molar-refractivity contribution < 1.29 is 70.5 Å². The summed E-state index contributed by atoms with van der Waals surface area (Å²) in [5.41, 5.74) is 5.67. The van der Waals surface area contributed by atoms with E-state index in [1.807, 2.05) is 0 Å². The summed E-state index contributed by atoms with van der Waals surface area (Å²) >= 11 is 0. The van der Waals surface area contributed by atoms with Gasteiger partial charge in [0.1, 0.15) is 6.04 Å². The van der Waals surface area contributed by atoms with Gasteiger partial charge in [-0.05, 0) is 48.5 Å². The van der Waals surface area contributed by atoms with Crippen molar-refractivity contribution in [2.24, 2.45) is 16.0 Å². The highest BCUT2D eigenvalue weighted by Crippen LogP contribution is 2.14. The van der Waals surface area contributed by atoms with E-state index in [-0.39, 0.29) is 34.3 Å². The molecule has 0 unspecified atom stereocenters. The van der Waals surface area contributed by atoms with Gasteiger partial charge in [-0.1, -0.05) is 0 Å². The maximum atomic E-state index is 13.1. The lowest BCUT2D eigenvalue weighted by atomic mass is 9.99. The number of anilines is 2. The summed E-state index contributed by atoms with van der Waals surface area (Å²) in [5, 5.41) is 44.7. The van der Waals surface area contributed by atoms with Crippen LogP contribution in [0.25, 0.3) is 0 Å². The van der Waals surface area contributed by atoms with Gasteiger partial charge in [0.2, 0.25) is 49.3 Å². The summed E-state index contributed by atoms with van der Waals surface area (Å²) < 4.78 is 46.1. The molecule has 3 amide bonds. The highest BCUT2D eigenvalue weighted by molar-refractivity contribution is 7.89. The number of carboxylic acid groups (broad SMARTS) is 3. The molecular formula is C30H38N8O15S2. The van der Waals surface area contributed by atoms with Crippen molar-refractivity contribution in [2.45, 2.75) is 34.7 Å². The van der Waals surface area contributed by atoms with Crippen LogP contribution < -0.4 is 32.0 Å². The van der Waals surface area contributed by atoms with Crippen LogP contribution in [0.1, 0.15) is 12.8 Å². The second-order valence-electron chi connectivity index (χ2n) is 11.7. The van der Waals surface area contributed by atoms with Crippen LogP contribution in [0.3, 0.4) is 0 Å². The van der Waals surface area contributed by atoms with Gasteiger partial charge in [0.05, 0.1) is 54.9 Å². The molecule has 300 valence electrons. The number of nitrogens with one attached hydrogen (secondary N) is 3. The number of carbonyl (C=O) groups excluding carboxylic acids is 5. The number of hydrogen-bond acceptors (Lipinski definition) is 15. The highest BCUT2D eigenvalue weighted by Gasteiger charge is 2.33. The van der Waals surface area contributed by atoms with Gasteiger partial charge in [0.15, 0.2) is 0 Å². The zero-order valence-electron chi connectivity index (χ0n) is 28.6. The van der Waals surface area contributed by atoms with E-state index in [9.17, 15) is 65.4 Å². The summed E-state index contributed by atoms with van der Waals surface area (Å²) in [6.07, 6.45) is -2.08. The van der Waals surface area contributed by atoms with Gasteiger partial charge in [0.25, 0.3) is 0 Å². The topological polar surface area (TPSA) is 386 Å². The Labute approximate surface area is 312 Å². The predicted octanol–water partition coefficient (Wildman–Crippen LogP) is -3.85. The number of aliphatic carboxylic acids is 3. The Hall–Kier alpha value is -5.70. The number of Topliss-reactive ketones (excluding diaryl/α,β-unsaturated/α-hetero) is 2. The lowest BCUT2D eigenvalue weighted by molar-refractivity contribution is -0.145. The van der Waals surface area contributed by atoms with E-state index < -0.39 is 118 Å². The van der Waals surface area contributed by atoms with Crippen molar-refractivity contribution in [3.8, 4) is 0 Å². The van der Waals surface area contributed by atoms with E-state index >= 15 is 0 Å². The monoisotopic (exact) mass is 814 g/mol. The molecule has 55 heavy (non-hydrogen) atoms. The van der Waals surface area contributed by atoms with Crippen LogP contribution in [-0.4, -0.2) is 141 Å². The molecule has 2 aromatic rings.